The number of hydrogen-bond acceptors (Lipinski definition) is 5. The first-order valence-corrected chi connectivity index (χ1v) is 13.5. The van der Waals surface area contributed by atoms with Gasteiger partial charge in [0, 0.05) is 13.1 Å². The minimum absolute atomic E-state index is 0.0806. The number of anilines is 1. The number of nitrogens with zero attached hydrogens (tertiary/aromatic N) is 2. The molecule has 0 aromatic heterocycles. The number of alkyl halides is 3. The van der Waals surface area contributed by atoms with Crippen LogP contribution < -0.4 is 14.4 Å². The molecule has 0 heterocycles. The fourth-order valence-electron chi connectivity index (χ4n) is 3.45. The number of sulfonamides is 1. The van der Waals surface area contributed by atoms with Gasteiger partial charge in [0.2, 0.25) is 21.8 Å². The first-order valence-electron chi connectivity index (χ1n) is 11.2. The average Bonchev–Trinajstić information content (AvgIpc) is 2.83. The predicted octanol–water partition coefficient (Wildman–Crippen LogP) is 4.08. The smallest absolute Gasteiger partial charge is 0.417 e. The van der Waals surface area contributed by atoms with Crippen molar-refractivity contribution in [2.75, 3.05) is 30.8 Å². The maximum atomic E-state index is 13.5. The van der Waals surface area contributed by atoms with Gasteiger partial charge in [-0.05, 0) is 49.2 Å². The second-order valence-electron chi connectivity index (χ2n) is 8.27. The van der Waals surface area contributed by atoms with E-state index in [-0.39, 0.29) is 6.54 Å². The lowest BCUT2D eigenvalue weighted by Crippen LogP contribution is -2.51. The molecule has 0 aliphatic heterocycles. The van der Waals surface area contributed by atoms with E-state index in [1.807, 2.05) is 6.92 Å². The van der Waals surface area contributed by atoms with Gasteiger partial charge in [-0.2, -0.15) is 13.2 Å². The molecule has 0 saturated carbocycles. The van der Waals surface area contributed by atoms with Gasteiger partial charge >= 0.3 is 6.18 Å². The Hall–Kier alpha value is -2.99. The van der Waals surface area contributed by atoms with Crippen molar-refractivity contribution in [3.8, 4) is 5.75 Å². The van der Waals surface area contributed by atoms with Crippen molar-refractivity contribution in [2.45, 2.75) is 39.0 Å². The van der Waals surface area contributed by atoms with Gasteiger partial charge in [-0.15, -0.1) is 0 Å². The molecule has 0 radical (unpaired) electrons. The fourth-order valence-corrected chi connectivity index (χ4v) is 4.51. The number of hydrogen-bond donors (Lipinski definition) is 1. The van der Waals surface area contributed by atoms with Crippen molar-refractivity contribution in [3.63, 3.8) is 0 Å². The lowest BCUT2D eigenvalue weighted by atomic mass is 10.1. The summed E-state index contributed by atoms with van der Waals surface area (Å²) in [5.74, 6) is -0.752. The van der Waals surface area contributed by atoms with Crippen LogP contribution in [0.5, 0.6) is 5.75 Å². The molecule has 1 unspecified atom stereocenters. The summed E-state index contributed by atoms with van der Waals surface area (Å²) >= 11 is 5.67. The summed E-state index contributed by atoms with van der Waals surface area (Å²) in [6, 6.07) is 8.28. The van der Waals surface area contributed by atoms with Crippen LogP contribution in [0.2, 0.25) is 5.02 Å². The third-order valence-electron chi connectivity index (χ3n) is 5.43. The molecule has 0 bridgehead atoms. The number of carbonyl (C=O) groups excluding carboxylic acids is 2. The summed E-state index contributed by atoms with van der Waals surface area (Å²) in [7, 11) is -2.74. The van der Waals surface area contributed by atoms with E-state index in [9.17, 15) is 31.2 Å². The zero-order valence-corrected chi connectivity index (χ0v) is 22.4. The SMILES string of the molecule is CCCNC(=O)C(C)N(Cc1cccc(OC)c1)C(=O)CN(c1ccc(Cl)c(C(F)(F)F)c1)S(C)(=O)=O. The third kappa shape index (κ3) is 8.26. The van der Waals surface area contributed by atoms with Crippen LogP contribution >= 0.6 is 11.6 Å². The summed E-state index contributed by atoms with van der Waals surface area (Å²) in [5.41, 5.74) is -1.04. The zero-order chi connectivity index (χ0) is 28.0. The fraction of sp³-hybridized carbons (Fsp3) is 0.417. The number of halogens is 4. The molecular weight excluding hydrogens is 535 g/mol. The number of methoxy groups -OCH3 is 1. The first kappa shape index (κ1) is 30.2. The molecule has 204 valence electrons. The average molecular weight is 564 g/mol. The first-order chi connectivity index (χ1) is 17.2. The standard InChI is InChI=1S/C24H29ClF3N3O5S/c1-5-11-29-23(33)16(2)30(14-17-7-6-8-19(12-17)36-3)22(32)15-31(37(4,34)35)18-9-10-21(25)20(13-18)24(26,27)28/h6-10,12-13,16H,5,11,14-15H2,1-4H3,(H,29,33). The molecule has 0 fully saturated rings. The molecule has 37 heavy (non-hydrogen) atoms. The number of benzene rings is 2. The van der Waals surface area contributed by atoms with Crippen LogP contribution in [0, 0.1) is 0 Å². The number of ether oxygens (including phenoxy) is 1. The molecule has 2 aromatic rings. The Kier molecular flexibility index (Phi) is 10.2. The highest BCUT2D eigenvalue weighted by molar-refractivity contribution is 7.92. The van der Waals surface area contributed by atoms with Crippen molar-refractivity contribution >= 4 is 39.1 Å². The molecule has 2 rings (SSSR count). The molecule has 13 heteroatoms. The van der Waals surface area contributed by atoms with E-state index in [1.165, 1.54) is 18.9 Å². The topological polar surface area (TPSA) is 96.0 Å². The molecule has 8 nitrogen and oxygen atoms in total. The van der Waals surface area contributed by atoms with Gasteiger partial charge < -0.3 is 15.0 Å². The van der Waals surface area contributed by atoms with Crippen molar-refractivity contribution in [2.24, 2.45) is 0 Å². The van der Waals surface area contributed by atoms with Crippen molar-refractivity contribution in [3.05, 3.63) is 58.6 Å². The normalized spacial score (nSPS) is 12.5. The molecule has 0 saturated heterocycles. The largest absolute Gasteiger partial charge is 0.497 e. The lowest BCUT2D eigenvalue weighted by Gasteiger charge is -2.31. The molecule has 0 aliphatic carbocycles. The highest BCUT2D eigenvalue weighted by Gasteiger charge is 2.35. The second kappa shape index (κ2) is 12.5. The number of carbonyl (C=O) groups is 2. The molecule has 0 aliphatic rings. The van der Waals surface area contributed by atoms with E-state index in [0.717, 1.165) is 18.4 Å². The van der Waals surface area contributed by atoms with E-state index in [0.29, 0.717) is 34.7 Å². The zero-order valence-electron chi connectivity index (χ0n) is 20.8. The Morgan fingerprint density at radius 1 is 1.16 bits per heavy atom. The van der Waals surface area contributed by atoms with Gasteiger partial charge in [0.05, 0.1) is 29.6 Å². The van der Waals surface area contributed by atoms with Crippen LogP contribution in [0.25, 0.3) is 0 Å². The van der Waals surface area contributed by atoms with Crippen molar-refractivity contribution in [1.29, 1.82) is 0 Å². The van der Waals surface area contributed by atoms with E-state index < -0.39 is 56.9 Å². The van der Waals surface area contributed by atoms with Gasteiger partial charge in [0.25, 0.3) is 0 Å². The maximum absolute atomic E-state index is 13.5. The van der Waals surface area contributed by atoms with E-state index in [1.54, 1.807) is 24.3 Å². The van der Waals surface area contributed by atoms with Crippen LogP contribution in [0.1, 0.15) is 31.4 Å². The Balaban J connectivity index is 2.47. The number of amides is 2. The second-order valence-corrected chi connectivity index (χ2v) is 10.6. The third-order valence-corrected chi connectivity index (χ3v) is 6.90. The quantitative estimate of drug-likeness (QED) is 0.444. The molecular formula is C24H29ClF3N3O5S. The number of nitrogens with one attached hydrogen (secondary N) is 1. The van der Waals surface area contributed by atoms with E-state index in [4.69, 9.17) is 16.3 Å². The van der Waals surface area contributed by atoms with Crippen LogP contribution in [0.4, 0.5) is 18.9 Å². The minimum Gasteiger partial charge on any atom is -0.497 e. The van der Waals surface area contributed by atoms with Gasteiger partial charge in [-0.3, -0.25) is 13.9 Å². The Morgan fingerprint density at radius 3 is 2.41 bits per heavy atom. The summed E-state index contributed by atoms with van der Waals surface area (Å²) in [4.78, 5) is 27.3. The summed E-state index contributed by atoms with van der Waals surface area (Å²) in [6.45, 7) is 2.79. The van der Waals surface area contributed by atoms with Crippen LogP contribution in [0.15, 0.2) is 42.5 Å². The maximum Gasteiger partial charge on any atom is 0.417 e. The van der Waals surface area contributed by atoms with Gasteiger partial charge in [0.1, 0.15) is 18.3 Å². The summed E-state index contributed by atoms with van der Waals surface area (Å²) in [5, 5.41) is 2.08. The lowest BCUT2D eigenvalue weighted by molar-refractivity contribution is -0.139. The van der Waals surface area contributed by atoms with E-state index >= 15 is 0 Å². The van der Waals surface area contributed by atoms with Crippen molar-refractivity contribution in [1.82, 2.24) is 10.2 Å². The summed E-state index contributed by atoms with van der Waals surface area (Å²) < 4.78 is 71.1. The van der Waals surface area contributed by atoms with Gasteiger partial charge in [-0.25, -0.2) is 8.42 Å². The Bertz CT molecular complexity index is 1220. The molecule has 2 aromatic carbocycles. The minimum atomic E-state index is -4.84. The van der Waals surface area contributed by atoms with Crippen LogP contribution in [-0.4, -0.2) is 57.6 Å². The Labute approximate surface area is 219 Å². The van der Waals surface area contributed by atoms with Crippen LogP contribution in [-0.2, 0) is 32.3 Å². The molecule has 1 N–H and O–H groups in total. The molecule has 1 atom stereocenters. The van der Waals surface area contributed by atoms with Crippen molar-refractivity contribution < 1.29 is 35.9 Å². The molecule has 0 spiro atoms. The Morgan fingerprint density at radius 2 is 1.84 bits per heavy atom. The monoisotopic (exact) mass is 563 g/mol. The van der Waals surface area contributed by atoms with Crippen LogP contribution in [0.3, 0.4) is 0 Å². The number of rotatable bonds is 11. The highest BCUT2D eigenvalue weighted by Crippen LogP contribution is 2.37. The predicted molar refractivity (Wildman–Crippen MR) is 135 cm³/mol. The molecule has 2 amide bonds. The summed E-state index contributed by atoms with van der Waals surface area (Å²) in [6.07, 6.45) is -3.42. The van der Waals surface area contributed by atoms with Gasteiger partial charge in [-0.1, -0.05) is 30.7 Å². The van der Waals surface area contributed by atoms with Gasteiger partial charge in [0.15, 0.2) is 0 Å². The van der Waals surface area contributed by atoms with E-state index in [2.05, 4.69) is 5.32 Å². The highest BCUT2D eigenvalue weighted by atomic mass is 35.5.